The van der Waals surface area contributed by atoms with E-state index in [0.717, 1.165) is 0 Å². The first kappa shape index (κ1) is 12.3. The molecule has 3 N–H and O–H groups in total. The minimum atomic E-state index is -0.380. The summed E-state index contributed by atoms with van der Waals surface area (Å²) in [6.45, 7) is 1.72. The van der Waals surface area contributed by atoms with Crippen LogP contribution in [-0.4, -0.2) is 20.9 Å². The molecule has 92 valence electrons. The second kappa shape index (κ2) is 4.97. The van der Waals surface area contributed by atoms with E-state index in [-0.39, 0.29) is 17.0 Å². The molecule has 0 saturated carbocycles. The monoisotopic (exact) mass is 263 g/mol. The quantitative estimate of drug-likeness (QED) is 0.804. The number of nitrogens with one attached hydrogen (secondary N) is 1. The van der Waals surface area contributed by atoms with Crippen molar-refractivity contribution in [2.24, 2.45) is 0 Å². The van der Waals surface area contributed by atoms with E-state index in [1.54, 1.807) is 13.0 Å². The van der Waals surface area contributed by atoms with Crippen LogP contribution in [0.3, 0.4) is 0 Å². The highest BCUT2D eigenvalue weighted by Gasteiger charge is 2.12. The van der Waals surface area contributed by atoms with Crippen LogP contribution in [-0.2, 0) is 0 Å². The van der Waals surface area contributed by atoms with Crippen molar-refractivity contribution in [2.45, 2.75) is 6.92 Å². The summed E-state index contributed by atoms with van der Waals surface area (Å²) in [7, 11) is 0. The maximum absolute atomic E-state index is 12.0. The fraction of sp³-hybridized carbons (Fsp3) is 0.0909. The highest BCUT2D eigenvalue weighted by molar-refractivity contribution is 6.29. The first-order valence-electron chi connectivity index (χ1n) is 5.08. The molecule has 2 rings (SSSR count). The van der Waals surface area contributed by atoms with Crippen LogP contribution in [0.1, 0.15) is 16.1 Å². The molecule has 0 saturated heterocycles. The zero-order valence-corrected chi connectivity index (χ0v) is 10.3. The Labute approximate surface area is 108 Å². The second-order valence-electron chi connectivity index (χ2n) is 3.56. The van der Waals surface area contributed by atoms with Gasteiger partial charge in [-0.2, -0.15) is 0 Å². The molecule has 0 aliphatic rings. The van der Waals surface area contributed by atoms with Gasteiger partial charge in [0.2, 0.25) is 5.95 Å². The fourth-order valence-electron chi connectivity index (χ4n) is 1.34. The number of carbonyl (C=O) groups excluding carboxylic acids is 1. The number of anilines is 2. The minimum absolute atomic E-state index is 0.134. The lowest BCUT2D eigenvalue weighted by atomic mass is 10.2. The van der Waals surface area contributed by atoms with Gasteiger partial charge in [0.05, 0.1) is 23.1 Å². The van der Waals surface area contributed by atoms with E-state index < -0.39 is 0 Å². The van der Waals surface area contributed by atoms with Gasteiger partial charge in [-0.15, -0.1) is 0 Å². The second-order valence-corrected chi connectivity index (χ2v) is 3.95. The summed E-state index contributed by atoms with van der Waals surface area (Å²) < 4.78 is 0. The molecule has 0 fully saturated rings. The zero-order valence-electron chi connectivity index (χ0n) is 9.51. The molecule has 7 heteroatoms. The van der Waals surface area contributed by atoms with E-state index in [9.17, 15) is 4.79 Å². The Morgan fingerprint density at radius 2 is 2.22 bits per heavy atom. The number of pyridine rings is 1. The molecule has 0 bridgehead atoms. The van der Waals surface area contributed by atoms with Gasteiger partial charge < -0.3 is 5.73 Å². The van der Waals surface area contributed by atoms with Crippen molar-refractivity contribution in [2.75, 3.05) is 11.1 Å². The largest absolute Gasteiger partial charge is 0.397 e. The highest BCUT2D eigenvalue weighted by Crippen LogP contribution is 2.12. The number of rotatable bonds is 2. The number of carbonyl (C=O) groups is 1. The van der Waals surface area contributed by atoms with Crippen LogP contribution in [0.25, 0.3) is 0 Å². The molecule has 0 atom stereocenters. The Morgan fingerprint density at radius 1 is 1.44 bits per heavy atom. The Bertz CT molecular complexity index is 602. The van der Waals surface area contributed by atoms with Gasteiger partial charge in [0.25, 0.3) is 5.91 Å². The lowest BCUT2D eigenvalue weighted by Gasteiger charge is -2.06. The molecule has 2 aromatic heterocycles. The average molecular weight is 264 g/mol. The maximum atomic E-state index is 12.0. The molecule has 0 radical (unpaired) electrons. The Hall–Kier alpha value is -2.21. The van der Waals surface area contributed by atoms with E-state index >= 15 is 0 Å². The maximum Gasteiger partial charge on any atom is 0.259 e. The van der Waals surface area contributed by atoms with Crippen LogP contribution in [0.15, 0.2) is 24.5 Å². The number of halogens is 1. The molecule has 2 heterocycles. The molecule has 1 amide bonds. The van der Waals surface area contributed by atoms with Crippen LogP contribution >= 0.6 is 11.6 Å². The van der Waals surface area contributed by atoms with Gasteiger partial charge in [0.1, 0.15) is 5.15 Å². The van der Waals surface area contributed by atoms with Crippen molar-refractivity contribution in [3.05, 3.63) is 40.9 Å². The number of nitrogen functional groups attached to an aromatic ring is 1. The molecular formula is C11H10ClN5O. The van der Waals surface area contributed by atoms with E-state index in [0.29, 0.717) is 16.9 Å². The summed E-state index contributed by atoms with van der Waals surface area (Å²) in [5, 5.41) is 2.78. The Balaban J connectivity index is 2.24. The van der Waals surface area contributed by atoms with E-state index in [2.05, 4.69) is 20.3 Å². The van der Waals surface area contributed by atoms with Gasteiger partial charge in [0.15, 0.2) is 0 Å². The first-order chi connectivity index (χ1) is 8.56. The van der Waals surface area contributed by atoms with Crippen LogP contribution in [0, 0.1) is 6.92 Å². The molecule has 6 nitrogen and oxygen atoms in total. The molecule has 0 aliphatic heterocycles. The predicted octanol–water partition coefficient (Wildman–Crippen LogP) is 1.67. The fourth-order valence-corrected chi connectivity index (χ4v) is 1.48. The van der Waals surface area contributed by atoms with Gasteiger partial charge in [-0.3, -0.25) is 15.1 Å². The van der Waals surface area contributed by atoms with Gasteiger partial charge >= 0.3 is 0 Å². The third-order valence-electron chi connectivity index (χ3n) is 2.20. The number of amides is 1. The van der Waals surface area contributed by atoms with E-state index in [1.807, 2.05) is 0 Å². The number of hydrogen-bond acceptors (Lipinski definition) is 5. The van der Waals surface area contributed by atoms with Gasteiger partial charge in [-0.25, -0.2) is 9.97 Å². The van der Waals surface area contributed by atoms with Gasteiger partial charge in [-0.05, 0) is 19.1 Å². The summed E-state index contributed by atoms with van der Waals surface area (Å²) in [5.41, 5.74) is 6.95. The Morgan fingerprint density at radius 3 is 2.94 bits per heavy atom. The first-order valence-corrected chi connectivity index (χ1v) is 5.46. The smallest absolute Gasteiger partial charge is 0.259 e. The Kier molecular flexibility index (Phi) is 3.38. The topological polar surface area (TPSA) is 93.8 Å². The predicted molar refractivity (Wildman–Crippen MR) is 68.4 cm³/mol. The number of aromatic nitrogens is 3. The summed E-state index contributed by atoms with van der Waals surface area (Å²) in [6.07, 6.45) is 2.94. The van der Waals surface area contributed by atoms with Crippen LogP contribution < -0.4 is 11.1 Å². The highest BCUT2D eigenvalue weighted by atomic mass is 35.5. The normalized spacial score (nSPS) is 10.1. The van der Waals surface area contributed by atoms with Gasteiger partial charge in [-0.1, -0.05) is 11.6 Å². The average Bonchev–Trinajstić information content (AvgIpc) is 2.32. The van der Waals surface area contributed by atoms with E-state index in [4.69, 9.17) is 17.3 Å². The summed E-state index contributed by atoms with van der Waals surface area (Å²) in [4.78, 5) is 23.7. The van der Waals surface area contributed by atoms with Crippen LogP contribution in [0.5, 0.6) is 0 Å². The number of hydrogen-bond donors (Lipinski definition) is 2. The lowest BCUT2D eigenvalue weighted by molar-refractivity contribution is 0.102. The molecule has 18 heavy (non-hydrogen) atoms. The van der Waals surface area contributed by atoms with Crippen LogP contribution in [0.4, 0.5) is 11.6 Å². The summed E-state index contributed by atoms with van der Waals surface area (Å²) in [6, 6.07) is 3.06. The van der Waals surface area contributed by atoms with Crippen molar-refractivity contribution in [3.8, 4) is 0 Å². The van der Waals surface area contributed by atoms with Gasteiger partial charge in [0, 0.05) is 6.20 Å². The minimum Gasteiger partial charge on any atom is -0.397 e. The molecule has 0 unspecified atom stereocenters. The SMILES string of the molecule is Cc1ncc(N)cc1C(=O)Nc1nccc(Cl)n1. The molecular weight excluding hydrogens is 254 g/mol. The number of aryl methyl sites for hydroxylation is 1. The molecule has 0 spiro atoms. The van der Waals surface area contributed by atoms with Crippen molar-refractivity contribution < 1.29 is 4.79 Å². The van der Waals surface area contributed by atoms with Crippen molar-refractivity contribution in [3.63, 3.8) is 0 Å². The number of nitrogens with two attached hydrogens (primary N) is 1. The van der Waals surface area contributed by atoms with Crippen molar-refractivity contribution in [1.82, 2.24) is 15.0 Å². The van der Waals surface area contributed by atoms with E-state index in [1.165, 1.54) is 18.5 Å². The summed E-state index contributed by atoms with van der Waals surface area (Å²) in [5.74, 6) is -0.246. The zero-order chi connectivity index (χ0) is 13.1. The molecule has 0 aliphatic carbocycles. The number of nitrogens with zero attached hydrogens (tertiary/aromatic N) is 3. The lowest BCUT2D eigenvalue weighted by Crippen LogP contribution is -2.16. The van der Waals surface area contributed by atoms with Crippen LogP contribution in [0.2, 0.25) is 5.15 Å². The van der Waals surface area contributed by atoms with Crippen molar-refractivity contribution >= 4 is 29.1 Å². The van der Waals surface area contributed by atoms with Crippen molar-refractivity contribution in [1.29, 1.82) is 0 Å². The summed E-state index contributed by atoms with van der Waals surface area (Å²) >= 11 is 5.70. The molecule has 2 aromatic rings. The third-order valence-corrected chi connectivity index (χ3v) is 2.41. The standard InChI is InChI=1S/C11H10ClN5O/c1-6-8(4-7(13)5-15-6)10(18)17-11-14-3-2-9(12)16-11/h2-5H,13H2,1H3,(H,14,16,17,18). The molecule has 0 aromatic carbocycles. The third kappa shape index (κ3) is 2.72.